The molecule has 3 heterocycles. The zero-order valence-corrected chi connectivity index (χ0v) is 12.5. The van der Waals surface area contributed by atoms with E-state index in [9.17, 15) is 4.79 Å². The van der Waals surface area contributed by atoms with E-state index in [0.29, 0.717) is 5.56 Å². The molecule has 0 saturated carbocycles. The van der Waals surface area contributed by atoms with Crippen LogP contribution in [0.1, 0.15) is 20.8 Å². The van der Waals surface area contributed by atoms with Crippen LogP contribution in [0.3, 0.4) is 0 Å². The molecule has 5 nitrogen and oxygen atoms in total. The van der Waals surface area contributed by atoms with Crippen molar-refractivity contribution in [2.45, 2.75) is 13.0 Å². The molecule has 0 unspecified atom stereocenters. The van der Waals surface area contributed by atoms with Crippen molar-refractivity contribution < 1.29 is 4.79 Å². The number of carbonyl (C=O) groups excluding carboxylic acids is 1. The SMILES string of the molecule is NC(=O)c1cnccc1NCCN1CCc2sccc2C1. The Balaban J connectivity index is 1.54. The third kappa shape index (κ3) is 3.22. The number of amides is 1. The predicted molar refractivity (Wildman–Crippen MR) is 84.5 cm³/mol. The van der Waals surface area contributed by atoms with Gasteiger partial charge in [0.1, 0.15) is 0 Å². The van der Waals surface area contributed by atoms with E-state index < -0.39 is 5.91 Å². The maximum atomic E-state index is 11.3. The topological polar surface area (TPSA) is 71.2 Å². The first-order valence-corrected chi connectivity index (χ1v) is 7.87. The fraction of sp³-hybridized carbons (Fsp3) is 0.333. The van der Waals surface area contributed by atoms with Crippen LogP contribution in [0.2, 0.25) is 0 Å². The van der Waals surface area contributed by atoms with Crippen molar-refractivity contribution in [2.75, 3.05) is 25.0 Å². The summed E-state index contributed by atoms with van der Waals surface area (Å²) in [6.07, 6.45) is 4.30. The van der Waals surface area contributed by atoms with Crippen LogP contribution in [0.15, 0.2) is 29.9 Å². The van der Waals surface area contributed by atoms with Crippen LogP contribution < -0.4 is 11.1 Å². The van der Waals surface area contributed by atoms with E-state index in [4.69, 9.17) is 5.73 Å². The summed E-state index contributed by atoms with van der Waals surface area (Å²) in [5.74, 6) is -0.452. The molecule has 0 spiro atoms. The van der Waals surface area contributed by atoms with Crippen LogP contribution in [-0.4, -0.2) is 35.4 Å². The maximum absolute atomic E-state index is 11.3. The molecular weight excluding hydrogens is 284 g/mol. The van der Waals surface area contributed by atoms with E-state index in [-0.39, 0.29) is 0 Å². The minimum absolute atomic E-state index is 0.441. The molecule has 110 valence electrons. The van der Waals surface area contributed by atoms with Crippen LogP contribution in [0.4, 0.5) is 5.69 Å². The van der Waals surface area contributed by atoms with Gasteiger partial charge in [0.25, 0.3) is 5.91 Å². The lowest BCUT2D eigenvalue weighted by atomic mass is 10.1. The Morgan fingerprint density at radius 3 is 3.24 bits per heavy atom. The van der Waals surface area contributed by atoms with Crippen molar-refractivity contribution in [3.05, 3.63) is 45.9 Å². The van der Waals surface area contributed by atoms with Crippen LogP contribution in [0, 0.1) is 0 Å². The number of anilines is 1. The minimum atomic E-state index is -0.452. The smallest absolute Gasteiger partial charge is 0.252 e. The zero-order chi connectivity index (χ0) is 14.7. The molecule has 0 aromatic carbocycles. The molecule has 3 N–H and O–H groups in total. The van der Waals surface area contributed by atoms with Gasteiger partial charge in [0.15, 0.2) is 0 Å². The molecule has 0 fully saturated rings. The molecule has 6 heteroatoms. The van der Waals surface area contributed by atoms with Crippen LogP contribution in [0.5, 0.6) is 0 Å². The van der Waals surface area contributed by atoms with Crippen molar-refractivity contribution in [1.82, 2.24) is 9.88 Å². The summed E-state index contributed by atoms with van der Waals surface area (Å²) in [6, 6.07) is 4.00. The number of carbonyl (C=O) groups is 1. The number of nitrogens with two attached hydrogens (primary N) is 1. The van der Waals surface area contributed by atoms with Gasteiger partial charge in [-0.15, -0.1) is 11.3 Å². The molecule has 0 saturated heterocycles. The standard InChI is InChI=1S/C15H18N4OS/c16-15(20)12-9-17-4-1-13(12)18-5-7-19-6-2-14-11(10-19)3-8-21-14/h1,3-4,8-9H,2,5-7,10H2,(H2,16,20)(H,17,18). The van der Waals surface area contributed by atoms with E-state index in [2.05, 4.69) is 26.6 Å². The van der Waals surface area contributed by atoms with Gasteiger partial charge in [-0.1, -0.05) is 0 Å². The number of primary amides is 1. The van der Waals surface area contributed by atoms with Crippen molar-refractivity contribution >= 4 is 22.9 Å². The third-order valence-corrected chi connectivity index (χ3v) is 4.74. The molecule has 2 aromatic heterocycles. The summed E-state index contributed by atoms with van der Waals surface area (Å²) in [7, 11) is 0. The molecule has 1 aliphatic heterocycles. The van der Waals surface area contributed by atoms with E-state index in [0.717, 1.165) is 38.3 Å². The van der Waals surface area contributed by atoms with Crippen molar-refractivity contribution in [3.63, 3.8) is 0 Å². The number of fused-ring (bicyclic) bond motifs is 1. The van der Waals surface area contributed by atoms with Gasteiger partial charge in [-0.25, -0.2) is 0 Å². The average molecular weight is 302 g/mol. The highest BCUT2D eigenvalue weighted by Crippen LogP contribution is 2.23. The van der Waals surface area contributed by atoms with Gasteiger partial charge in [-0.05, 0) is 29.5 Å². The molecule has 1 aliphatic rings. The normalized spacial score (nSPS) is 14.7. The molecule has 2 aromatic rings. The first-order chi connectivity index (χ1) is 10.2. The van der Waals surface area contributed by atoms with Gasteiger partial charge >= 0.3 is 0 Å². The quantitative estimate of drug-likeness (QED) is 0.882. The van der Waals surface area contributed by atoms with Crippen LogP contribution in [0.25, 0.3) is 0 Å². The van der Waals surface area contributed by atoms with E-state index in [1.165, 1.54) is 16.6 Å². The molecule has 0 aliphatic carbocycles. The predicted octanol–water partition coefficient (Wildman–Crippen LogP) is 1.71. The number of hydrogen-bond acceptors (Lipinski definition) is 5. The van der Waals surface area contributed by atoms with Gasteiger partial charge < -0.3 is 11.1 Å². The second-order valence-electron chi connectivity index (χ2n) is 5.11. The van der Waals surface area contributed by atoms with Gasteiger partial charge in [0.05, 0.1) is 11.3 Å². The molecule has 0 radical (unpaired) electrons. The number of nitrogens with zero attached hydrogens (tertiary/aromatic N) is 2. The summed E-state index contributed by atoms with van der Waals surface area (Å²) in [5, 5.41) is 5.45. The molecule has 1 amide bonds. The van der Waals surface area contributed by atoms with Crippen molar-refractivity contribution in [3.8, 4) is 0 Å². The number of rotatable bonds is 5. The molecule has 3 rings (SSSR count). The summed E-state index contributed by atoms with van der Waals surface area (Å²) < 4.78 is 0. The van der Waals surface area contributed by atoms with Gasteiger partial charge in [0.2, 0.25) is 0 Å². The second kappa shape index (κ2) is 6.24. The Bertz CT molecular complexity index is 640. The Kier molecular flexibility index (Phi) is 4.17. The van der Waals surface area contributed by atoms with E-state index in [1.54, 1.807) is 12.3 Å². The zero-order valence-electron chi connectivity index (χ0n) is 11.7. The summed E-state index contributed by atoms with van der Waals surface area (Å²) in [5.41, 5.74) is 7.99. The fourth-order valence-corrected chi connectivity index (χ4v) is 3.48. The highest BCUT2D eigenvalue weighted by atomic mass is 32.1. The molecular formula is C15H18N4OS. The highest BCUT2D eigenvalue weighted by Gasteiger charge is 2.16. The fourth-order valence-electron chi connectivity index (χ4n) is 2.59. The highest BCUT2D eigenvalue weighted by molar-refractivity contribution is 7.10. The van der Waals surface area contributed by atoms with Crippen molar-refractivity contribution in [2.24, 2.45) is 5.73 Å². The van der Waals surface area contributed by atoms with Gasteiger partial charge in [0, 0.05) is 43.4 Å². The summed E-state index contributed by atoms with van der Waals surface area (Å²) in [4.78, 5) is 19.2. The van der Waals surface area contributed by atoms with Crippen LogP contribution in [-0.2, 0) is 13.0 Å². The second-order valence-corrected chi connectivity index (χ2v) is 6.11. The minimum Gasteiger partial charge on any atom is -0.383 e. The molecule has 0 bridgehead atoms. The van der Waals surface area contributed by atoms with E-state index >= 15 is 0 Å². The maximum Gasteiger partial charge on any atom is 0.252 e. The lowest BCUT2D eigenvalue weighted by Crippen LogP contribution is -2.33. The average Bonchev–Trinajstić information content (AvgIpc) is 2.95. The Labute approximate surface area is 127 Å². The summed E-state index contributed by atoms with van der Waals surface area (Å²) in [6.45, 7) is 3.83. The molecule has 21 heavy (non-hydrogen) atoms. The monoisotopic (exact) mass is 302 g/mol. The van der Waals surface area contributed by atoms with Crippen molar-refractivity contribution in [1.29, 1.82) is 0 Å². The number of pyridine rings is 1. The van der Waals surface area contributed by atoms with Gasteiger partial charge in [-0.2, -0.15) is 0 Å². The van der Waals surface area contributed by atoms with E-state index in [1.807, 2.05) is 11.3 Å². The number of aromatic nitrogens is 1. The largest absolute Gasteiger partial charge is 0.383 e. The number of hydrogen-bond donors (Lipinski definition) is 2. The molecule has 0 atom stereocenters. The number of thiophene rings is 1. The third-order valence-electron chi connectivity index (χ3n) is 3.72. The number of nitrogens with one attached hydrogen (secondary N) is 1. The first-order valence-electron chi connectivity index (χ1n) is 6.99. The Morgan fingerprint density at radius 1 is 1.48 bits per heavy atom. The lowest BCUT2D eigenvalue weighted by Gasteiger charge is -2.27. The summed E-state index contributed by atoms with van der Waals surface area (Å²) >= 11 is 1.85. The Hall–Kier alpha value is -1.92. The van der Waals surface area contributed by atoms with Gasteiger partial charge in [-0.3, -0.25) is 14.7 Å². The first kappa shape index (κ1) is 14.0. The Morgan fingerprint density at radius 2 is 2.38 bits per heavy atom. The van der Waals surface area contributed by atoms with Crippen LogP contribution >= 0.6 is 11.3 Å². The lowest BCUT2D eigenvalue weighted by molar-refractivity contribution is 0.100.